The first-order valence-electron chi connectivity index (χ1n) is 5.76. The number of aliphatic carboxylic acids is 1. The van der Waals surface area contributed by atoms with Crippen molar-refractivity contribution < 1.29 is 14.7 Å². The third kappa shape index (κ3) is 3.19. The molecule has 1 amide bonds. The number of nitrogens with one attached hydrogen (secondary N) is 1. The molecule has 0 saturated heterocycles. The molecule has 1 aliphatic carbocycles. The molecular formula is C12H14N2O4. The van der Waals surface area contributed by atoms with Gasteiger partial charge in [-0.25, -0.2) is 0 Å². The highest BCUT2D eigenvalue weighted by molar-refractivity contribution is 5.95. The Morgan fingerprint density at radius 3 is 2.72 bits per heavy atom. The minimum atomic E-state index is -1.05. The second-order valence-corrected chi connectivity index (χ2v) is 4.46. The van der Waals surface area contributed by atoms with Crippen LogP contribution in [0.5, 0.6) is 0 Å². The van der Waals surface area contributed by atoms with Crippen molar-refractivity contribution in [1.82, 2.24) is 9.88 Å². The average Bonchev–Trinajstić information content (AvgIpc) is 3.10. The van der Waals surface area contributed by atoms with Crippen LogP contribution in [0.15, 0.2) is 23.1 Å². The molecule has 2 rings (SSSR count). The summed E-state index contributed by atoms with van der Waals surface area (Å²) in [5.74, 6) is -1.06. The van der Waals surface area contributed by atoms with Crippen molar-refractivity contribution in [3.05, 3.63) is 34.2 Å². The molecule has 1 aromatic rings. The van der Waals surface area contributed by atoms with E-state index in [0.717, 1.165) is 12.8 Å². The largest absolute Gasteiger partial charge is 0.480 e. The third-order valence-electron chi connectivity index (χ3n) is 2.81. The van der Waals surface area contributed by atoms with Crippen LogP contribution in [0.4, 0.5) is 0 Å². The molecule has 6 nitrogen and oxygen atoms in total. The SMILES string of the molecule is O=C(O)CN(CC1CC1)C(=O)c1cc[nH]c(=O)c1. The number of rotatable bonds is 5. The molecule has 1 fully saturated rings. The van der Waals surface area contributed by atoms with E-state index in [1.807, 2.05) is 0 Å². The zero-order chi connectivity index (χ0) is 13.1. The summed E-state index contributed by atoms with van der Waals surface area (Å²) in [6, 6.07) is 2.66. The summed E-state index contributed by atoms with van der Waals surface area (Å²) in [5.41, 5.74) is -0.150. The summed E-state index contributed by atoms with van der Waals surface area (Å²) in [6.07, 6.45) is 3.43. The van der Waals surface area contributed by atoms with Crippen LogP contribution in [0, 0.1) is 5.92 Å². The van der Waals surface area contributed by atoms with Crippen LogP contribution < -0.4 is 5.56 Å². The molecule has 1 heterocycles. The second-order valence-electron chi connectivity index (χ2n) is 4.46. The van der Waals surface area contributed by atoms with Gasteiger partial charge in [-0.2, -0.15) is 0 Å². The Bertz CT molecular complexity index is 519. The molecule has 2 N–H and O–H groups in total. The van der Waals surface area contributed by atoms with Crippen LogP contribution in [-0.2, 0) is 4.79 Å². The van der Waals surface area contributed by atoms with Crippen LogP contribution >= 0.6 is 0 Å². The van der Waals surface area contributed by atoms with E-state index in [1.165, 1.54) is 23.2 Å². The topological polar surface area (TPSA) is 90.5 Å². The predicted molar refractivity (Wildman–Crippen MR) is 63.3 cm³/mol. The number of carboxylic acids is 1. The first-order valence-corrected chi connectivity index (χ1v) is 5.76. The normalized spacial score (nSPS) is 14.2. The predicted octanol–water partition coefficient (Wildman–Crippen LogP) is 0.312. The van der Waals surface area contributed by atoms with Gasteiger partial charge < -0.3 is 15.0 Å². The van der Waals surface area contributed by atoms with Crippen molar-refractivity contribution in [3.63, 3.8) is 0 Å². The van der Waals surface area contributed by atoms with Crippen LogP contribution in [0.25, 0.3) is 0 Å². The van der Waals surface area contributed by atoms with E-state index in [4.69, 9.17) is 5.11 Å². The first-order chi connectivity index (χ1) is 8.56. The number of aromatic nitrogens is 1. The van der Waals surface area contributed by atoms with Gasteiger partial charge in [0.25, 0.3) is 5.91 Å². The summed E-state index contributed by atoms with van der Waals surface area (Å²) in [7, 11) is 0. The molecule has 1 saturated carbocycles. The molecule has 0 aliphatic heterocycles. The van der Waals surface area contributed by atoms with Crippen molar-refractivity contribution in [2.75, 3.05) is 13.1 Å². The summed E-state index contributed by atoms with van der Waals surface area (Å²) in [4.78, 5) is 37.7. The number of hydrogen-bond donors (Lipinski definition) is 2. The molecule has 1 aliphatic rings. The molecule has 0 aromatic carbocycles. The Labute approximate surface area is 103 Å². The standard InChI is InChI=1S/C12H14N2O4/c15-10-5-9(3-4-13-10)12(18)14(7-11(16)17)6-8-1-2-8/h3-5,8H,1-2,6-7H2,(H,13,15)(H,16,17). The number of pyridine rings is 1. The summed E-state index contributed by atoms with van der Waals surface area (Å²) in [6.45, 7) is 0.111. The fraction of sp³-hybridized carbons (Fsp3) is 0.417. The maximum absolute atomic E-state index is 12.1. The molecule has 0 spiro atoms. The summed E-state index contributed by atoms with van der Waals surface area (Å²) in [5, 5.41) is 8.81. The van der Waals surface area contributed by atoms with Crippen LogP contribution in [0.2, 0.25) is 0 Å². The molecule has 0 bridgehead atoms. The van der Waals surface area contributed by atoms with Gasteiger partial charge in [-0.1, -0.05) is 0 Å². The lowest BCUT2D eigenvalue weighted by Gasteiger charge is -2.20. The summed E-state index contributed by atoms with van der Waals surface area (Å²) < 4.78 is 0. The summed E-state index contributed by atoms with van der Waals surface area (Å²) >= 11 is 0. The Morgan fingerprint density at radius 2 is 2.17 bits per heavy atom. The molecule has 0 radical (unpaired) electrons. The van der Waals surface area contributed by atoms with Gasteiger partial charge in [0.05, 0.1) is 0 Å². The minimum absolute atomic E-state index is 0.223. The molecule has 96 valence electrons. The van der Waals surface area contributed by atoms with Gasteiger partial charge >= 0.3 is 5.97 Å². The molecule has 6 heteroatoms. The highest BCUT2D eigenvalue weighted by Gasteiger charge is 2.28. The van der Waals surface area contributed by atoms with Crippen molar-refractivity contribution >= 4 is 11.9 Å². The fourth-order valence-electron chi connectivity index (χ4n) is 1.75. The fourth-order valence-corrected chi connectivity index (χ4v) is 1.75. The van der Waals surface area contributed by atoms with E-state index in [9.17, 15) is 14.4 Å². The van der Waals surface area contributed by atoms with Crippen molar-refractivity contribution in [2.24, 2.45) is 5.92 Å². The Kier molecular flexibility index (Phi) is 3.45. The van der Waals surface area contributed by atoms with Crippen LogP contribution in [-0.4, -0.2) is 40.0 Å². The van der Waals surface area contributed by atoms with Gasteiger partial charge in [0, 0.05) is 24.4 Å². The van der Waals surface area contributed by atoms with E-state index in [0.29, 0.717) is 12.5 Å². The Morgan fingerprint density at radius 1 is 1.44 bits per heavy atom. The zero-order valence-electron chi connectivity index (χ0n) is 9.76. The second kappa shape index (κ2) is 5.03. The third-order valence-corrected chi connectivity index (χ3v) is 2.81. The number of carbonyl (C=O) groups is 2. The highest BCUT2D eigenvalue weighted by atomic mass is 16.4. The van der Waals surface area contributed by atoms with Gasteiger partial charge in [-0.3, -0.25) is 14.4 Å². The van der Waals surface area contributed by atoms with Gasteiger partial charge in [0.2, 0.25) is 5.56 Å². The average molecular weight is 250 g/mol. The first kappa shape index (κ1) is 12.3. The molecule has 1 aromatic heterocycles. The highest BCUT2D eigenvalue weighted by Crippen LogP contribution is 2.30. The maximum Gasteiger partial charge on any atom is 0.323 e. The zero-order valence-corrected chi connectivity index (χ0v) is 9.76. The quantitative estimate of drug-likeness (QED) is 0.787. The lowest BCUT2D eigenvalue weighted by Crippen LogP contribution is -2.37. The van der Waals surface area contributed by atoms with E-state index < -0.39 is 11.9 Å². The number of nitrogens with zero attached hydrogens (tertiary/aromatic N) is 1. The Hall–Kier alpha value is -2.11. The number of carbonyl (C=O) groups excluding carboxylic acids is 1. The number of aromatic amines is 1. The minimum Gasteiger partial charge on any atom is -0.480 e. The van der Waals surface area contributed by atoms with Crippen molar-refractivity contribution in [3.8, 4) is 0 Å². The van der Waals surface area contributed by atoms with Crippen molar-refractivity contribution in [1.29, 1.82) is 0 Å². The monoisotopic (exact) mass is 250 g/mol. The Balaban J connectivity index is 2.15. The van der Waals surface area contributed by atoms with Crippen LogP contribution in [0.3, 0.4) is 0 Å². The molecular weight excluding hydrogens is 236 g/mol. The molecule has 18 heavy (non-hydrogen) atoms. The van der Waals surface area contributed by atoms with E-state index >= 15 is 0 Å². The maximum atomic E-state index is 12.1. The smallest absolute Gasteiger partial charge is 0.323 e. The van der Waals surface area contributed by atoms with Gasteiger partial charge in [0.1, 0.15) is 6.54 Å². The molecule has 0 unspecified atom stereocenters. The lowest BCUT2D eigenvalue weighted by atomic mass is 10.2. The van der Waals surface area contributed by atoms with Crippen molar-refractivity contribution in [2.45, 2.75) is 12.8 Å². The number of H-pyrrole nitrogens is 1. The van der Waals surface area contributed by atoms with Gasteiger partial charge in [-0.05, 0) is 24.8 Å². The number of hydrogen-bond acceptors (Lipinski definition) is 3. The van der Waals surface area contributed by atoms with Gasteiger partial charge in [-0.15, -0.1) is 0 Å². The molecule has 0 atom stereocenters. The van der Waals surface area contributed by atoms with Crippen LogP contribution in [0.1, 0.15) is 23.2 Å². The van der Waals surface area contributed by atoms with E-state index in [-0.39, 0.29) is 17.7 Å². The van der Waals surface area contributed by atoms with E-state index in [1.54, 1.807) is 0 Å². The van der Waals surface area contributed by atoms with E-state index in [2.05, 4.69) is 4.98 Å². The number of carboxylic acid groups (broad SMARTS) is 1. The number of amides is 1. The van der Waals surface area contributed by atoms with Gasteiger partial charge in [0.15, 0.2) is 0 Å². The lowest BCUT2D eigenvalue weighted by molar-refractivity contribution is -0.137.